The lowest BCUT2D eigenvalue weighted by Gasteiger charge is -2.33. The number of hydrogen-bond acceptors (Lipinski definition) is 8. The molecule has 0 bridgehead atoms. The highest BCUT2D eigenvalue weighted by molar-refractivity contribution is 8.01. The van der Waals surface area contributed by atoms with Crippen LogP contribution in [0.2, 0.25) is 0 Å². The van der Waals surface area contributed by atoms with Crippen LogP contribution >= 0.6 is 23.3 Å². The van der Waals surface area contributed by atoms with Gasteiger partial charge in [-0.2, -0.15) is 9.47 Å². The monoisotopic (exact) mass is 501 g/mol. The minimum Gasteiger partial charge on any atom is -0.497 e. The third-order valence-corrected chi connectivity index (χ3v) is 7.26. The number of thioether (sulfide) groups is 1. The van der Waals surface area contributed by atoms with Crippen LogP contribution in [0.25, 0.3) is 12.2 Å². The zero-order valence-corrected chi connectivity index (χ0v) is 19.9. The van der Waals surface area contributed by atoms with Crippen molar-refractivity contribution in [1.82, 2.24) is 24.1 Å². The Labute approximate surface area is 203 Å². The molecular formula is C23H21F2N5O2S2. The molecule has 1 N–H and O–H groups in total. The number of hydrogen-bond donors (Lipinski definition) is 1. The van der Waals surface area contributed by atoms with E-state index in [2.05, 4.69) is 19.4 Å². The molecule has 4 rings (SSSR count). The Morgan fingerprint density at radius 3 is 2.68 bits per heavy atom. The molecule has 11 heteroatoms. The lowest BCUT2D eigenvalue weighted by atomic mass is 9.90. The summed E-state index contributed by atoms with van der Waals surface area (Å²) in [6.07, 6.45) is 6.42. The first kappa shape index (κ1) is 24.0. The number of methoxy groups -OCH3 is 1. The van der Waals surface area contributed by atoms with Crippen LogP contribution in [0.1, 0.15) is 23.9 Å². The number of benzene rings is 2. The van der Waals surface area contributed by atoms with E-state index >= 15 is 0 Å². The third-order valence-electron chi connectivity index (χ3n) is 5.18. The molecule has 4 aromatic rings. The van der Waals surface area contributed by atoms with Crippen LogP contribution in [0, 0.1) is 11.6 Å². The van der Waals surface area contributed by atoms with E-state index in [1.54, 1.807) is 20.1 Å². The van der Waals surface area contributed by atoms with Gasteiger partial charge in [-0.3, -0.25) is 0 Å². The summed E-state index contributed by atoms with van der Waals surface area (Å²) in [6, 6.07) is 10.7. The average Bonchev–Trinajstić information content (AvgIpc) is 3.50. The Morgan fingerprint density at radius 1 is 1.21 bits per heavy atom. The summed E-state index contributed by atoms with van der Waals surface area (Å²) in [6.45, 7) is 1.67. The van der Waals surface area contributed by atoms with Gasteiger partial charge in [-0.1, -0.05) is 36.0 Å². The van der Waals surface area contributed by atoms with Crippen LogP contribution in [0.4, 0.5) is 8.78 Å². The number of aliphatic hydroxyl groups is 1. The van der Waals surface area contributed by atoms with Crippen LogP contribution in [0.5, 0.6) is 5.75 Å². The lowest BCUT2D eigenvalue weighted by Crippen LogP contribution is -2.41. The maximum absolute atomic E-state index is 14.7. The molecule has 34 heavy (non-hydrogen) atoms. The minimum atomic E-state index is -1.72. The van der Waals surface area contributed by atoms with Crippen molar-refractivity contribution >= 4 is 35.4 Å². The quantitative estimate of drug-likeness (QED) is 0.334. The van der Waals surface area contributed by atoms with Crippen molar-refractivity contribution < 1.29 is 18.6 Å². The van der Waals surface area contributed by atoms with Gasteiger partial charge in [0.1, 0.15) is 35.6 Å². The van der Waals surface area contributed by atoms with Crippen molar-refractivity contribution in [3.63, 3.8) is 0 Å². The van der Waals surface area contributed by atoms with Crippen molar-refractivity contribution in [2.24, 2.45) is 0 Å². The van der Waals surface area contributed by atoms with E-state index in [0.717, 1.165) is 23.4 Å². The van der Waals surface area contributed by atoms with E-state index < -0.39 is 22.5 Å². The van der Waals surface area contributed by atoms with Gasteiger partial charge in [-0.25, -0.2) is 23.4 Å². The highest BCUT2D eigenvalue weighted by Gasteiger charge is 2.40. The molecule has 0 aliphatic carbocycles. The lowest BCUT2D eigenvalue weighted by molar-refractivity contribution is 0.0133. The molecule has 0 aliphatic heterocycles. The molecule has 7 nitrogen and oxygen atoms in total. The predicted octanol–water partition coefficient (Wildman–Crippen LogP) is 4.66. The molecule has 2 heterocycles. The SMILES string of the molecule is COc1ccc(C=Cc2nsc(S[C@H](C)[C@](O)(Cn3cncn3)c3ccc(F)cc3F)n2)cc1. The van der Waals surface area contributed by atoms with Gasteiger partial charge in [-0.05, 0) is 48.3 Å². The van der Waals surface area contributed by atoms with Gasteiger partial charge < -0.3 is 9.84 Å². The molecule has 0 spiro atoms. The summed E-state index contributed by atoms with van der Waals surface area (Å²) >= 11 is 2.43. The predicted molar refractivity (Wildman–Crippen MR) is 127 cm³/mol. The molecule has 2 atom stereocenters. The van der Waals surface area contributed by atoms with E-state index in [1.165, 1.54) is 46.7 Å². The van der Waals surface area contributed by atoms with Crippen molar-refractivity contribution in [2.45, 2.75) is 28.7 Å². The van der Waals surface area contributed by atoms with E-state index in [-0.39, 0.29) is 12.1 Å². The van der Waals surface area contributed by atoms with E-state index in [4.69, 9.17) is 4.74 Å². The molecule has 0 unspecified atom stereocenters. The van der Waals surface area contributed by atoms with E-state index in [9.17, 15) is 13.9 Å². The molecule has 2 aromatic carbocycles. The van der Waals surface area contributed by atoms with Crippen LogP contribution < -0.4 is 4.74 Å². The molecule has 0 fully saturated rings. The van der Waals surface area contributed by atoms with Crippen molar-refractivity contribution in [2.75, 3.05) is 7.11 Å². The number of nitrogens with zero attached hydrogens (tertiary/aromatic N) is 5. The topological polar surface area (TPSA) is 86.0 Å². The fraction of sp³-hybridized carbons (Fsp3) is 0.217. The Balaban J connectivity index is 1.54. The Hall–Kier alpha value is -3.15. The van der Waals surface area contributed by atoms with Crippen molar-refractivity contribution in [3.8, 4) is 5.75 Å². The van der Waals surface area contributed by atoms with Crippen LogP contribution in [0.15, 0.2) is 59.5 Å². The zero-order valence-electron chi connectivity index (χ0n) is 18.3. The smallest absolute Gasteiger partial charge is 0.170 e. The van der Waals surface area contributed by atoms with Gasteiger partial charge in [-0.15, -0.1) is 0 Å². The van der Waals surface area contributed by atoms with Crippen LogP contribution in [0.3, 0.4) is 0 Å². The van der Waals surface area contributed by atoms with Crippen molar-refractivity contribution in [3.05, 3.63) is 83.7 Å². The summed E-state index contributed by atoms with van der Waals surface area (Å²) in [4.78, 5) is 8.38. The summed E-state index contributed by atoms with van der Waals surface area (Å²) in [5, 5.41) is 15.1. The van der Waals surface area contributed by atoms with Crippen molar-refractivity contribution in [1.29, 1.82) is 0 Å². The molecule has 0 aliphatic rings. The molecule has 0 saturated heterocycles. The van der Waals surface area contributed by atoms with E-state index in [1.807, 2.05) is 30.3 Å². The highest BCUT2D eigenvalue weighted by atomic mass is 32.2. The largest absolute Gasteiger partial charge is 0.497 e. The minimum absolute atomic E-state index is 0.0338. The van der Waals surface area contributed by atoms with Gasteiger partial charge in [0.05, 0.1) is 13.7 Å². The standard InChI is InChI=1S/C23H21F2N5O2S2/c1-15(23(31,12-30-14-26-13-27-30)19-9-6-17(24)11-20(19)25)33-22-28-21(29-34-22)10-5-16-3-7-18(32-2)8-4-16/h3-11,13-15,31H,12H2,1-2H3/t15-,23-/m1/s1. The second-order valence-corrected chi connectivity index (χ2v) is 9.77. The summed E-state index contributed by atoms with van der Waals surface area (Å²) in [7, 11) is 1.61. The maximum atomic E-state index is 14.7. The molecule has 176 valence electrons. The fourth-order valence-electron chi connectivity index (χ4n) is 3.30. The molecule has 2 aromatic heterocycles. The second kappa shape index (κ2) is 10.4. The Morgan fingerprint density at radius 2 is 2.00 bits per heavy atom. The number of halogens is 2. The van der Waals surface area contributed by atoms with Gasteiger partial charge in [0, 0.05) is 16.9 Å². The second-order valence-electron chi connectivity index (χ2n) is 7.43. The normalized spacial score (nSPS) is 14.3. The number of rotatable bonds is 9. The van der Waals surface area contributed by atoms with Gasteiger partial charge >= 0.3 is 0 Å². The average molecular weight is 502 g/mol. The van der Waals surface area contributed by atoms with Gasteiger partial charge in [0.2, 0.25) is 0 Å². The summed E-state index contributed by atoms with van der Waals surface area (Å²) in [5.74, 6) is -0.270. The zero-order chi connectivity index (χ0) is 24.1. The summed E-state index contributed by atoms with van der Waals surface area (Å²) in [5.41, 5.74) is -0.790. The summed E-state index contributed by atoms with van der Waals surface area (Å²) < 4.78 is 39.7. The van der Waals surface area contributed by atoms with E-state index in [0.29, 0.717) is 10.2 Å². The molecule has 0 amide bonds. The maximum Gasteiger partial charge on any atom is 0.170 e. The Bertz CT molecular complexity index is 1260. The van der Waals surface area contributed by atoms with Crippen LogP contribution in [-0.4, -0.2) is 41.6 Å². The molecule has 0 saturated carbocycles. The number of ether oxygens (including phenoxy) is 1. The third kappa shape index (κ3) is 5.49. The first-order valence-corrected chi connectivity index (χ1v) is 11.9. The first-order chi connectivity index (χ1) is 16.4. The first-order valence-electron chi connectivity index (χ1n) is 10.2. The highest BCUT2D eigenvalue weighted by Crippen LogP contribution is 2.39. The fourth-order valence-corrected chi connectivity index (χ4v) is 5.27. The van der Waals surface area contributed by atoms with Gasteiger partial charge in [0.25, 0.3) is 0 Å². The van der Waals surface area contributed by atoms with Crippen LogP contribution in [-0.2, 0) is 12.1 Å². The Kier molecular flexibility index (Phi) is 7.35. The molecule has 0 radical (unpaired) electrons. The van der Waals surface area contributed by atoms with Gasteiger partial charge in [0.15, 0.2) is 10.2 Å². The number of aromatic nitrogens is 5. The molecular weight excluding hydrogens is 480 g/mol.